The van der Waals surface area contributed by atoms with Crippen molar-refractivity contribution in [3.8, 4) is 0 Å². The number of hydrogen-bond donors (Lipinski definition) is 1. The molecule has 1 fully saturated rings. The maximum absolute atomic E-state index is 13.9. The van der Waals surface area contributed by atoms with E-state index in [9.17, 15) is 4.39 Å². The number of hydrogen-bond acceptors (Lipinski definition) is 2. The summed E-state index contributed by atoms with van der Waals surface area (Å²) in [6.45, 7) is 3.75. The van der Waals surface area contributed by atoms with Gasteiger partial charge < -0.3 is 10.6 Å². The second-order valence-electron chi connectivity index (χ2n) is 5.14. The van der Waals surface area contributed by atoms with Crippen LogP contribution >= 0.6 is 0 Å². The molecular formula is C14H21FN2. The number of nitrogens with two attached hydrogens (primary N) is 1. The lowest BCUT2D eigenvalue weighted by Crippen LogP contribution is -2.23. The molecule has 1 aromatic carbocycles. The van der Waals surface area contributed by atoms with Crippen LogP contribution in [0.2, 0.25) is 0 Å². The first-order chi connectivity index (χ1) is 8.13. The molecule has 0 aliphatic heterocycles. The normalized spacial score (nSPS) is 22.6. The molecule has 1 aromatic rings. The first kappa shape index (κ1) is 12.4. The average Bonchev–Trinajstić information content (AvgIpc) is 2.94. The van der Waals surface area contributed by atoms with Crippen molar-refractivity contribution in [2.24, 2.45) is 17.6 Å². The topological polar surface area (TPSA) is 29.3 Å². The molecule has 0 radical (unpaired) electrons. The van der Waals surface area contributed by atoms with Crippen LogP contribution in [-0.4, -0.2) is 20.1 Å². The van der Waals surface area contributed by atoms with Crippen molar-refractivity contribution < 1.29 is 4.39 Å². The molecule has 17 heavy (non-hydrogen) atoms. The zero-order valence-electron chi connectivity index (χ0n) is 10.6. The summed E-state index contributed by atoms with van der Waals surface area (Å²) in [5.41, 5.74) is 7.32. The van der Waals surface area contributed by atoms with Crippen molar-refractivity contribution in [1.82, 2.24) is 0 Å². The fourth-order valence-electron chi connectivity index (χ4n) is 2.44. The molecule has 2 rings (SSSR count). The lowest BCUT2D eigenvalue weighted by molar-refractivity contribution is 0.613. The van der Waals surface area contributed by atoms with Crippen molar-refractivity contribution in [3.63, 3.8) is 0 Å². The molecule has 1 aliphatic carbocycles. The highest BCUT2D eigenvalue weighted by molar-refractivity contribution is 5.54. The number of para-hydroxylation sites is 1. The quantitative estimate of drug-likeness (QED) is 0.850. The molecule has 94 valence electrons. The predicted octanol–water partition coefficient (Wildman–Crippen LogP) is 2.42. The van der Waals surface area contributed by atoms with Gasteiger partial charge in [0.1, 0.15) is 5.82 Å². The van der Waals surface area contributed by atoms with E-state index in [1.54, 1.807) is 6.07 Å². The van der Waals surface area contributed by atoms with Gasteiger partial charge in [-0.3, -0.25) is 0 Å². The fourth-order valence-corrected chi connectivity index (χ4v) is 2.44. The summed E-state index contributed by atoms with van der Waals surface area (Å²) in [5.74, 6) is 1.39. The van der Waals surface area contributed by atoms with E-state index in [4.69, 9.17) is 5.73 Å². The Morgan fingerprint density at radius 2 is 2.18 bits per heavy atom. The third kappa shape index (κ3) is 2.78. The number of nitrogens with zero attached hydrogens (tertiary/aromatic N) is 1. The molecule has 0 spiro atoms. The molecule has 2 unspecified atom stereocenters. The van der Waals surface area contributed by atoms with Gasteiger partial charge in [0.25, 0.3) is 0 Å². The monoisotopic (exact) mass is 236 g/mol. The molecule has 0 aromatic heterocycles. The van der Waals surface area contributed by atoms with Crippen molar-refractivity contribution in [2.45, 2.75) is 19.8 Å². The Balaban J connectivity index is 2.16. The van der Waals surface area contributed by atoms with E-state index in [1.165, 1.54) is 12.5 Å². The molecular weight excluding hydrogens is 215 g/mol. The van der Waals surface area contributed by atoms with Crippen molar-refractivity contribution in [1.29, 1.82) is 0 Å². The minimum atomic E-state index is -0.133. The summed E-state index contributed by atoms with van der Waals surface area (Å²) in [7, 11) is 1.98. The number of anilines is 1. The van der Waals surface area contributed by atoms with E-state index < -0.39 is 0 Å². The fraction of sp³-hybridized carbons (Fsp3) is 0.571. The third-order valence-electron chi connectivity index (χ3n) is 3.65. The van der Waals surface area contributed by atoms with Gasteiger partial charge in [-0.1, -0.05) is 19.1 Å². The smallest absolute Gasteiger partial charge is 0.146 e. The van der Waals surface area contributed by atoms with Crippen LogP contribution < -0.4 is 10.6 Å². The van der Waals surface area contributed by atoms with Crippen molar-refractivity contribution in [2.75, 3.05) is 25.0 Å². The van der Waals surface area contributed by atoms with Crippen molar-refractivity contribution >= 4 is 5.69 Å². The van der Waals surface area contributed by atoms with Crippen molar-refractivity contribution in [3.05, 3.63) is 29.6 Å². The van der Waals surface area contributed by atoms with Gasteiger partial charge in [-0.2, -0.15) is 0 Å². The van der Waals surface area contributed by atoms with Crippen LogP contribution in [0.25, 0.3) is 0 Å². The Kier molecular flexibility index (Phi) is 3.67. The van der Waals surface area contributed by atoms with Crippen LogP contribution in [0, 0.1) is 17.7 Å². The molecule has 1 saturated carbocycles. The zero-order valence-corrected chi connectivity index (χ0v) is 10.6. The van der Waals surface area contributed by atoms with Crippen LogP contribution in [0.15, 0.2) is 18.2 Å². The Morgan fingerprint density at radius 3 is 2.76 bits per heavy atom. The minimum Gasteiger partial charge on any atom is -0.372 e. The van der Waals surface area contributed by atoms with Gasteiger partial charge in [-0.15, -0.1) is 0 Å². The summed E-state index contributed by atoms with van der Waals surface area (Å²) in [4.78, 5) is 2.05. The first-order valence-electron chi connectivity index (χ1n) is 6.32. The second-order valence-corrected chi connectivity index (χ2v) is 5.14. The van der Waals surface area contributed by atoms with Gasteiger partial charge in [0.05, 0.1) is 5.69 Å². The highest BCUT2D eigenvalue weighted by Gasteiger charge is 2.33. The molecule has 0 amide bonds. The zero-order chi connectivity index (χ0) is 12.4. The maximum atomic E-state index is 13.9. The van der Waals surface area contributed by atoms with E-state index in [-0.39, 0.29) is 5.82 Å². The summed E-state index contributed by atoms with van der Waals surface area (Å²) < 4.78 is 13.9. The number of halogens is 1. The lowest BCUT2D eigenvalue weighted by Gasteiger charge is -2.23. The summed E-state index contributed by atoms with van der Waals surface area (Å²) in [5, 5.41) is 0. The molecule has 2 atom stereocenters. The average molecular weight is 236 g/mol. The predicted molar refractivity (Wildman–Crippen MR) is 69.7 cm³/mol. The summed E-state index contributed by atoms with van der Waals surface area (Å²) >= 11 is 0. The van der Waals surface area contributed by atoms with Gasteiger partial charge in [0.2, 0.25) is 0 Å². The standard InChI is InChI=1S/C14H21FN2/c1-10-8-12(10)9-17(2)14-11(6-7-16)4-3-5-13(14)15/h3-5,10,12H,6-9,16H2,1-2H3. The van der Waals surface area contributed by atoms with Gasteiger partial charge in [0.15, 0.2) is 0 Å². The third-order valence-corrected chi connectivity index (χ3v) is 3.65. The van der Waals surface area contributed by atoms with E-state index in [0.29, 0.717) is 6.54 Å². The Morgan fingerprint density at radius 1 is 1.47 bits per heavy atom. The summed E-state index contributed by atoms with van der Waals surface area (Å²) in [6.07, 6.45) is 2.00. The minimum absolute atomic E-state index is 0.133. The van der Waals surface area contributed by atoms with Crippen LogP contribution in [0.4, 0.5) is 10.1 Å². The Bertz CT molecular complexity index is 392. The lowest BCUT2D eigenvalue weighted by atomic mass is 10.1. The maximum Gasteiger partial charge on any atom is 0.146 e. The Hall–Kier alpha value is -1.09. The van der Waals surface area contributed by atoms with Crippen LogP contribution in [0.5, 0.6) is 0 Å². The molecule has 2 nitrogen and oxygen atoms in total. The second kappa shape index (κ2) is 5.05. The van der Waals surface area contributed by atoms with Gasteiger partial charge >= 0.3 is 0 Å². The molecule has 0 saturated heterocycles. The van der Waals surface area contributed by atoms with Crippen LogP contribution in [0.1, 0.15) is 18.9 Å². The van der Waals surface area contributed by atoms with Gasteiger partial charge in [-0.05, 0) is 42.9 Å². The van der Waals surface area contributed by atoms with Gasteiger partial charge in [-0.25, -0.2) is 4.39 Å². The molecule has 2 N–H and O–H groups in total. The molecule has 1 aliphatic rings. The first-order valence-corrected chi connectivity index (χ1v) is 6.32. The number of benzene rings is 1. The van der Waals surface area contributed by atoms with E-state index >= 15 is 0 Å². The van der Waals surface area contributed by atoms with Crippen LogP contribution in [-0.2, 0) is 6.42 Å². The van der Waals surface area contributed by atoms with E-state index in [0.717, 1.165) is 36.1 Å². The SMILES string of the molecule is CC1CC1CN(C)c1c(F)cccc1CCN. The number of rotatable bonds is 5. The van der Waals surface area contributed by atoms with Gasteiger partial charge in [0, 0.05) is 13.6 Å². The van der Waals surface area contributed by atoms with E-state index in [2.05, 4.69) is 11.8 Å². The van der Waals surface area contributed by atoms with Crippen LogP contribution in [0.3, 0.4) is 0 Å². The molecule has 0 heterocycles. The molecule has 0 bridgehead atoms. The largest absolute Gasteiger partial charge is 0.372 e. The Labute approximate surface area is 103 Å². The van der Waals surface area contributed by atoms with E-state index in [1.807, 2.05) is 13.1 Å². The highest BCUT2D eigenvalue weighted by atomic mass is 19.1. The summed E-state index contributed by atoms with van der Waals surface area (Å²) in [6, 6.07) is 5.26. The molecule has 3 heteroatoms. The highest BCUT2D eigenvalue weighted by Crippen LogP contribution is 2.39.